The lowest BCUT2D eigenvalue weighted by Crippen LogP contribution is -2.32. The largest absolute Gasteiger partial charge is 0.495 e. The number of rotatable bonds is 5. The summed E-state index contributed by atoms with van der Waals surface area (Å²) >= 11 is 0. The molecule has 30 heavy (non-hydrogen) atoms. The van der Waals surface area contributed by atoms with Crippen LogP contribution in [0.2, 0.25) is 0 Å². The number of hydrogen-bond acceptors (Lipinski definition) is 7. The first-order chi connectivity index (χ1) is 14.5. The highest BCUT2D eigenvalue weighted by Crippen LogP contribution is 2.39. The summed E-state index contributed by atoms with van der Waals surface area (Å²) in [4.78, 5) is 28.7. The molecule has 0 fully saturated rings. The molecular weight excluding hydrogens is 388 g/mol. The molecular formula is C20H18N6O4. The lowest BCUT2D eigenvalue weighted by atomic mass is 9.93. The van der Waals surface area contributed by atoms with Gasteiger partial charge >= 0.3 is 0 Å². The van der Waals surface area contributed by atoms with Crippen molar-refractivity contribution in [1.29, 1.82) is 0 Å². The van der Waals surface area contributed by atoms with Crippen LogP contribution in [0.15, 0.2) is 66.1 Å². The van der Waals surface area contributed by atoms with Crippen LogP contribution in [0, 0.1) is 10.1 Å². The molecule has 1 amide bonds. The van der Waals surface area contributed by atoms with Crippen molar-refractivity contribution in [3.8, 4) is 5.75 Å². The van der Waals surface area contributed by atoms with Crippen LogP contribution in [0.1, 0.15) is 18.5 Å². The quantitative estimate of drug-likeness (QED) is 0.493. The minimum atomic E-state index is -0.833. The Morgan fingerprint density at radius 2 is 1.97 bits per heavy atom. The van der Waals surface area contributed by atoms with Gasteiger partial charge in [0.15, 0.2) is 0 Å². The number of benzene rings is 2. The Bertz CT molecular complexity index is 1170. The Morgan fingerprint density at radius 1 is 1.23 bits per heavy atom. The van der Waals surface area contributed by atoms with Crippen molar-refractivity contribution in [3.63, 3.8) is 0 Å². The maximum atomic E-state index is 13.3. The highest BCUT2D eigenvalue weighted by Gasteiger charge is 2.37. The Hall–Kier alpha value is -4.21. The fourth-order valence-corrected chi connectivity index (χ4v) is 3.50. The number of hydrogen-bond donors (Lipinski definition) is 2. The van der Waals surface area contributed by atoms with Gasteiger partial charge in [0.25, 0.3) is 11.6 Å². The third-order valence-corrected chi connectivity index (χ3v) is 4.82. The Balaban J connectivity index is 1.83. The van der Waals surface area contributed by atoms with Gasteiger partial charge in [-0.15, -0.1) is 0 Å². The zero-order chi connectivity index (χ0) is 21.3. The molecule has 0 aliphatic carbocycles. The van der Waals surface area contributed by atoms with Crippen LogP contribution in [0.4, 0.5) is 17.3 Å². The van der Waals surface area contributed by atoms with Gasteiger partial charge in [-0.3, -0.25) is 14.9 Å². The number of nitro benzene ring substituents is 1. The Morgan fingerprint density at radius 3 is 2.73 bits per heavy atom. The highest BCUT2D eigenvalue weighted by atomic mass is 16.6. The van der Waals surface area contributed by atoms with E-state index in [1.165, 1.54) is 24.2 Å². The maximum absolute atomic E-state index is 13.3. The average molecular weight is 406 g/mol. The van der Waals surface area contributed by atoms with Crippen LogP contribution in [0.25, 0.3) is 0 Å². The molecule has 1 aliphatic heterocycles. The second-order valence-corrected chi connectivity index (χ2v) is 6.56. The summed E-state index contributed by atoms with van der Waals surface area (Å²) in [5.74, 6) is 0.454. The molecule has 2 N–H and O–H groups in total. The van der Waals surface area contributed by atoms with E-state index < -0.39 is 16.9 Å². The van der Waals surface area contributed by atoms with E-state index >= 15 is 0 Å². The predicted octanol–water partition coefficient (Wildman–Crippen LogP) is 3.12. The molecule has 1 aromatic heterocycles. The Kier molecular flexibility index (Phi) is 4.88. The van der Waals surface area contributed by atoms with Gasteiger partial charge in [0.1, 0.15) is 18.1 Å². The van der Waals surface area contributed by atoms with Crippen molar-refractivity contribution in [2.75, 3.05) is 17.7 Å². The van der Waals surface area contributed by atoms with Crippen molar-refractivity contribution in [2.24, 2.45) is 0 Å². The number of para-hydroxylation sites is 3. The number of ether oxygens (including phenoxy) is 1. The molecule has 10 nitrogen and oxygen atoms in total. The van der Waals surface area contributed by atoms with Crippen molar-refractivity contribution in [3.05, 3.63) is 81.8 Å². The smallest absolute Gasteiger partial charge is 0.275 e. The van der Waals surface area contributed by atoms with Crippen molar-refractivity contribution in [1.82, 2.24) is 14.8 Å². The number of amides is 1. The van der Waals surface area contributed by atoms with Crippen molar-refractivity contribution < 1.29 is 14.5 Å². The molecule has 2 heterocycles. The van der Waals surface area contributed by atoms with E-state index in [9.17, 15) is 14.9 Å². The fraction of sp³-hybridized carbons (Fsp3) is 0.150. The van der Waals surface area contributed by atoms with Crippen LogP contribution >= 0.6 is 0 Å². The Labute approximate surface area is 171 Å². The van der Waals surface area contributed by atoms with Gasteiger partial charge in [0.2, 0.25) is 5.95 Å². The summed E-state index contributed by atoms with van der Waals surface area (Å²) in [7, 11) is 1.51. The number of aromatic nitrogens is 3. The summed E-state index contributed by atoms with van der Waals surface area (Å²) in [6, 6.07) is 12.5. The molecule has 1 unspecified atom stereocenters. The zero-order valence-electron chi connectivity index (χ0n) is 16.2. The van der Waals surface area contributed by atoms with Crippen molar-refractivity contribution in [2.45, 2.75) is 13.0 Å². The van der Waals surface area contributed by atoms with E-state index in [-0.39, 0.29) is 11.3 Å². The molecule has 1 aliphatic rings. The van der Waals surface area contributed by atoms with Crippen LogP contribution in [0.3, 0.4) is 0 Å². The third kappa shape index (κ3) is 3.24. The molecule has 4 rings (SSSR count). The van der Waals surface area contributed by atoms with Crippen LogP contribution in [-0.2, 0) is 4.79 Å². The van der Waals surface area contributed by atoms with Crippen molar-refractivity contribution >= 4 is 23.2 Å². The van der Waals surface area contributed by atoms with Gasteiger partial charge in [-0.25, -0.2) is 4.68 Å². The molecule has 0 bridgehead atoms. The summed E-state index contributed by atoms with van der Waals surface area (Å²) in [6.45, 7) is 1.72. The van der Waals surface area contributed by atoms with Crippen LogP contribution in [0.5, 0.6) is 5.75 Å². The van der Waals surface area contributed by atoms with E-state index in [2.05, 4.69) is 20.7 Å². The molecule has 0 saturated heterocycles. The van der Waals surface area contributed by atoms with Gasteiger partial charge in [0.05, 0.1) is 28.9 Å². The third-order valence-electron chi connectivity index (χ3n) is 4.82. The molecule has 0 radical (unpaired) electrons. The molecule has 2 aromatic carbocycles. The minimum Gasteiger partial charge on any atom is -0.495 e. The standard InChI is InChI=1S/C20H18N6O4/c1-12-17(19(27)24-14-8-4-6-10-16(14)30-2)18(25-20(23-12)21-11-22-25)13-7-3-5-9-15(13)26(28)29/h3-11,18H,1-2H3,(H,24,27)(H,21,22,23). The molecule has 1 atom stereocenters. The van der Waals surface area contributed by atoms with E-state index in [1.54, 1.807) is 49.4 Å². The summed E-state index contributed by atoms with van der Waals surface area (Å²) < 4.78 is 6.77. The van der Waals surface area contributed by atoms with Gasteiger partial charge in [0, 0.05) is 11.8 Å². The maximum Gasteiger partial charge on any atom is 0.275 e. The second kappa shape index (κ2) is 7.66. The summed E-state index contributed by atoms with van der Waals surface area (Å²) in [6.07, 6.45) is 1.33. The monoisotopic (exact) mass is 406 g/mol. The normalized spacial score (nSPS) is 15.2. The molecule has 152 valence electrons. The number of nitrogens with zero attached hydrogens (tertiary/aromatic N) is 4. The number of nitrogens with one attached hydrogen (secondary N) is 2. The van der Waals surface area contributed by atoms with Crippen LogP contribution in [-0.4, -0.2) is 32.7 Å². The van der Waals surface area contributed by atoms with Gasteiger partial charge in [-0.2, -0.15) is 10.1 Å². The first-order valence-electron chi connectivity index (χ1n) is 9.06. The summed E-state index contributed by atoms with van der Waals surface area (Å²) in [5.41, 5.74) is 1.51. The highest BCUT2D eigenvalue weighted by molar-refractivity contribution is 6.06. The number of carbonyl (C=O) groups excluding carboxylic acids is 1. The number of methoxy groups -OCH3 is 1. The van der Waals surface area contributed by atoms with E-state index in [4.69, 9.17) is 4.74 Å². The second-order valence-electron chi connectivity index (χ2n) is 6.56. The van der Waals surface area contributed by atoms with Gasteiger partial charge < -0.3 is 15.4 Å². The molecule has 0 spiro atoms. The lowest BCUT2D eigenvalue weighted by Gasteiger charge is -2.28. The SMILES string of the molecule is COc1ccccc1NC(=O)C1=C(C)Nc2ncnn2C1c1ccccc1[N+](=O)[O-]. The topological polar surface area (TPSA) is 124 Å². The predicted molar refractivity (Wildman–Crippen MR) is 109 cm³/mol. The number of allylic oxidation sites excluding steroid dienone is 1. The summed E-state index contributed by atoms with van der Waals surface area (Å²) in [5, 5.41) is 21.7. The number of anilines is 2. The minimum absolute atomic E-state index is 0.110. The average Bonchev–Trinajstić information content (AvgIpc) is 3.21. The number of nitro groups is 1. The first-order valence-corrected chi connectivity index (χ1v) is 9.06. The number of carbonyl (C=O) groups is 1. The van der Waals surface area contributed by atoms with E-state index in [0.29, 0.717) is 28.6 Å². The zero-order valence-corrected chi connectivity index (χ0v) is 16.2. The molecule has 0 saturated carbocycles. The number of fused-ring (bicyclic) bond motifs is 1. The molecule has 10 heteroatoms. The fourth-order valence-electron chi connectivity index (χ4n) is 3.50. The van der Waals surface area contributed by atoms with Gasteiger partial charge in [-0.05, 0) is 25.1 Å². The van der Waals surface area contributed by atoms with Gasteiger partial charge in [-0.1, -0.05) is 24.3 Å². The molecule has 3 aromatic rings. The first kappa shape index (κ1) is 19.1. The lowest BCUT2D eigenvalue weighted by molar-refractivity contribution is -0.385. The van der Waals surface area contributed by atoms with E-state index in [1.807, 2.05) is 0 Å². The van der Waals surface area contributed by atoms with Crippen LogP contribution < -0.4 is 15.4 Å². The van der Waals surface area contributed by atoms with E-state index in [0.717, 1.165) is 0 Å².